The number of nitrogens with zero attached hydrogens (tertiary/aromatic N) is 7. The molecule has 0 aliphatic carbocycles. The summed E-state index contributed by atoms with van der Waals surface area (Å²) in [6, 6.07) is 9.99. The molecule has 160 valence electrons. The van der Waals surface area contributed by atoms with Gasteiger partial charge in [-0.1, -0.05) is 6.07 Å². The van der Waals surface area contributed by atoms with Crippen LogP contribution < -0.4 is 4.90 Å². The van der Waals surface area contributed by atoms with Gasteiger partial charge >= 0.3 is 0 Å². The zero-order valence-electron chi connectivity index (χ0n) is 18.0. The van der Waals surface area contributed by atoms with Crippen LogP contribution in [0.5, 0.6) is 0 Å². The maximum atomic E-state index is 4.85. The van der Waals surface area contributed by atoms with Gasteiger partial charge < -0.3 is 9.88 Å². The van der Waals surface area contributed by atoms with Gasteiger partial charge in [-0.3, -0.25) is 15.1 Å². The molecule has 6 aromatic heterocycles. The molecular weight excluding hydrogens is 414 g/mol. The third-order valence-corrected chi connectivity index (χ3v) is 5.57. The lowest BCUT2D eigenvalue weighted by atomic mass is 10.1. The molecule has 9 nitrogen and oxygen atoms in total. The highest BCUT2D eigenvalue weighted by Gasteiger charge is 2.17. The molecule has 0 bridgehead atoms. The summed E-state index contributed by atoms with van der Waals surface area (Å²) >= 11 is 0. The fourth-order valence-corrected chi connectivity index (χ4v) is 3.85. The number of fused-ring (bicyclic) bond motifs is 2. The fourth-order valence-electron chi connectivity index (χ4n) is 3.85. The molecule has 6 rings (SSSR count). The van der Waals surface area contributed by atoms with E-state index in [0.29, 0.717) is 22.8 Å². The van der Waals surface area contributed by atoms with Gasteiger partial charge in [0.2, 0.25) is 0 Å². The second-order valence-corrected chi connectivity index (χ2v) is 7.90. The van der Waals surface area contributed by atoms with Crippen LogP contribution in [-0.2, 0) is 0 Å². The lowest BCUT2D eigenvalue weighted by Crippen LogP contribution is -2.08. The Balaban J connectivity index is 1.48. The van der Waals surface area contributed by atoms with Crippen molar-refractivity contribution in [2.45, 2.75) is 0 Å². The van der Waals surface area contributed by atoms with Crippen molar-refractivity contribution in [3.63, 3.8) is 0 Å². The summed E-state index contributed by atoms with van der Waals surface area (Å²) in [6.45, 7) is 0. The van der Waals surface area contributed by atoms with Crippen LogP contribution >= 0.6 is 0 Å². The zero-order chi connectivity index (χ0) is 22.4. The smallest absolute Gasteiger partial charge is 0.161 e. The van der Waals surface area contributed by atoms with Crippen molar-refractivity contribution in [2.24, 2.45) is 0 Å². The van der Waals surface area contributed by atoms with Gasteiger partial charge in [0.05, 0.1) is 17.3 Å². The van der Waals surface area contributed by atoms with Gasteiger partial charge in [-0.05, 0) is 24.3 Å². The summed E-state index contributed by atoms with van der Waals surface area (Å²) in [5, 5.41) is 8.37. The molecular formula is C24H19N9. The predicted molar refractivity (Wildman–Crippen MR) is 128 cm³/mol. The Kier molecular flexibility index (Phi) is 4.32. The number of aromatic amines is 2. The van der Waals surface area contributed by atoms with Crippen LogP contribution in [0, 0.1) is 0 Å². The standard InChI is InChI=1S/C24H19N9/c1-33(2)17-8-15(11-26-13-17)16-9-19-21(31-32-22(19)28-12-16)24-29-20-18(5-7-27-23(20)30-24)14-4-3-6-25-10-14/h3-13H,1-2H3,(H,27,29,30)(H,28,31,32). The Morgan fingerprint density at radius 1 is 0.818 bits per heavy atom. The van der Waals surface area contributed by atoms with Crippen molar-refractivity contribution in [1.29, 1.82) is 0 Å². The molecule has 6 heterocycles. The molecule has 6 aromatic rings. The summed E-state index contributed by atoms with van der Waals surface area (Å²) in [5.74, 6) is 0.624. The number of hydrogen-bond acceptors (Lipinski definition) is 7. The minimum atomic E-state index is 0.624. The third-order valence-electron chi connectivity index (χ3n) is 5.57. The summed E-state index contributed by atoms with van der Waals surface area (Å²) in [6.07, 6.45) is 10.8. The van der Waals surface area contributed by atoms with E-state index in [0.717, 1.165) is 38.8 Å². The van der Waals surface area contributed by atoms with Crippen molar-refractivity contribution >= 4 is 27.9 Å². The minimum Gasteiger partial charge on any atom is -0.376 e. The van der Waals surface area contributed by atoms with E-state index in [2.05, 4.69) is 47.2 Å². The van der Waals surface area contributed by atoms with Crippen LogP contribution in [0.4, 0.5) is 5.69 Å². The fraction of sp³-hybridized carbons (Fsp3) is 0.0833. The van der Waals surface area contributed by atoms with Crippen molar-refractivity contribution < 1.29 is 0 Å². The molecule has 33 heavy (non-hydrogen) atoms. The van der Waals surface area contributed by atoms with Gasteiger partial charge in [-0.2, -0.15) is 5.10 Å². The first kappa shape index (κ1) is 19.1. The summed E-state index contributed by atoms with van der Waals surface area (Å²) < 4.78 is 0. The molecule has 2 N–H and O–H groups in total. The number of pyridine rings is 4. The number of imidazole rings is 1. The topological polar surface area (TPSA) is 112 Å². The van der Waals surface area contributed by atoms with Crippen LogP contribution in [0.1, 0.15) is 0 Å². The van der Waals surface area contributed by atoms with E-state index in [9.17, 15) is 0 Å². The molecule has 0 spiro atoms. The molecule has 0 atom stereocenters. The maximum absolute atomic E-state index is 4.85. The summed E-state index contributed by atoms with van der Waals surface area (Å²) in [5.41, 5.74) is 7.72. The molecule has 9 heteroatoms. The number of aromatic nitrogens is 8. The lowest BCUT2D eigenvalue weighted by Gasteiger charge is -2.12. The molecule has 0 fully saturated rings. The van der Waals surface area contributed by atoms with Crippen molar-refractivity contribution in [1.82, 2.24) is 40.1 Å². The molecule has 0 aromatic carbocycles. The molecule has 0 aliphatic heterocycles. The van der Waals surface area contributed by atoms with E-state index in [-0.39, 0.29) is 0 Å². The van der Waals surface area contributed by atoms with Gasteiger partial charge in [0.15, 0.2) is 17.1 Å². The van der Waals surface area contributed by atoms with Crippen LogP contribution in [0.2, 0.25) is 0 Å². The van der Waals surface area contributed by atoms with Gasteiger partial charge in [-0.25, -0.2) is 15.0 Å². The summed E-state index contributed by atoms with van der Waals surface area (Å²) in [7, 11) is 3.98. The van der Waals surface area contributed by atoms with Gasteiger partial charge in [-0.15, -0.1) is 0 Å². The van der Waals surface area contributed by atoms with E-state index < -0.39 is 0 Å². The molecule has 0 aliphatic rings. The first-order valence-electron chi connectivity index (χ1n) is 10.4. The van der Waals surface area contributed by atoms with E-state index >= 15 is 0 Å². The van der Waals surface area contributed by atoms with Crippen molar-refractivity contribution in [3.8, 4) is 33.8 Å². The third kappa shape index (κ3) is 3.26. The molecule has 0 radical (unpaired) electrons. The van der Waals surface area contributed by atoms with E-state index in [1.165, 1.54) is 0 Å². The monoisotopic (exact) mass is 433 g/mol. The summed E-state index contributed by atoms with van der Waals surface area (Å²) in [4.78, 5) is 27.8. The van der Waals surface area contributed by atoms with E-state index in [4.69, 9.17) is 4.98 Å². The van der Waals surface area contributed by atoms with Gasteiger partial charge in [0.25, 0.3) is 0 Å². The van der Waals surface area contributed by atoms with Crippen molar-refractivity contribution in [2.75, 3.05) is 19.0 Å². The van der Waals surface area contributed by atoms with Crippen LogP contribution in [-0.4, -0.2) is 54.2 Å². The molecule has 0 amide bonds. The number of hydrogen-bond donors (Lipinski definition) is 2. The Morgan fingerprint density at radius 2 is 1.70 bits per heavy atom. The highest BCUT2D eigenvalue weighted by Crippen LogP contribution is 2.32. The van der Waals surface area contributed by atoms with Crippen LogP contribution in [0.25, 0.3) is 56.0 Å². The highest BCUT2D eigenvalue weighted by atomic mass is 15.2. The Hall–Kier alpha value is -4.66. The predicted octanol–water partition coefficient (Wildman–Crippen LogP) is 4.09. The molecule has 0 unspecified atom stereocenters. The minimum absolute atomic E-state index is 0.624. The quantitative estimate of drug-likeness (QED) is 0.431. The number of rotatable bonds is 4. The average Bonchev–Trinajstić information content (AvgIpc) is 3.48. The first-order chi connectivity index (χ1) is 16.2. The Labute approximate surface area is 188 Å². The largest absolute Gasteiger partial charge is 0.376 e. The normalized spacial score (nSPS) is 11.3. The highest BCUT2D eigenvalue weighted by molar-refractivity contribution is 5.96. The Morgan fingerprint density at radius 3 is 2.55 bits per heavy atom. The van der Waals surface area contributed by atoms with E-state index in [1.54, 1.807) is 12.4 Å². The SMILES string of the molecule is CN(C)c1cncc(-c2cnc3[nH]nc(-c4nc5c(-c6cccnc6)ccnc5[nH]4)c3c2)c1. The Bertz CT molecular complexity index is 1600. The first-order valence-corrected chi connectivity index (χ1v) is 10.4. The lowest BCUT2D eigenvalue weighted by molar-refractivity contribution is 1.09. The van der Waals surface area contributed by atoms with Gasteiger partial charge in [0, 0.05) is 67.3 Å². The molecule has 0 saturated carbocycles. The molecule has 0 saturated heterocycles. The van der Waals surface area contributed by atoms with Crippen LogP contribution in [0.3, 0.4) is 0 Å². The zero-order valence-corrected chi connectivity index (χ0v) is 18.0. The number of anilines is 1. The van der Waals surface area contributed by atoms with Gasteiger partial charge in [0.1, 0.15) is 11.2 Å². The number of nitrogens with one attached hydrogen (secondary N) is 2. The average molecular weight is 433 g/mol. The van der Waals surface area contributed by atoms with Crippen molar-refractivity contribution in [3.05, 3.63) is 67.5 Å². The van der Waals surface area contributed by atoms with E-state index in [1.807, 2.05) is 62.0 Å². The second-order valence-electron chi connectivity index (χ2n) is 7.90. The maximum Gasteiger partial charge on any atom is 0.161 e. The number of H-pyrrole nitrogens is 2. The van der Waals surface area contributed by atoms with Crippen LogP contribution in [0.15, 0.2) is 67.5 Å². The second kappa shape index (κ2) is 7.49.